The molecular formula is C17H26N6O2. The maximum atomic E-state index is 12.3. The van der Waals surface area contributed by atoms with Gasteiger partial charge >= 0.3 is 0 Å². The van der Waals surface area contributed by atoms with Crippen molar-refractivity contribution in [3.8, 4) is 0 Å². The molecule has 2 aromatic rings. The maximum Gasteiger partial charge on any atom is 0.223 e. The Bertz CT molecular complexity index is 708. The molecule has 1 fully saturated rings. The minimum atomic E-state index is 0.0868. The molecule has 1 N–H and O–H groups in total. The first kappa shape index (κ1) is 17.6. The van der Waals surface area contributed by atoms with Gasteiger partial charge in [0.1, 0.15) is 5.82 Å². The van der Waals surface area contributed by atoms with Crippen LogP contribution in [0, 0.1) is 12.8 Å². The van der Waals surface area contributed by atoms with Crippen molar-refractivity contribution in [1.29, 1.82) is 0 Å². The van der Waals surface area contributed by atoms with E-state index in [0.717, 1.165) is 56.2 Å². The van der Waals surface area contributed by atoms with Gasteiger partial charge in [-0.3, -0.25) is 4.79 Å². The summed E-state index contributed by atoms with van der Waals surface area (Å²) in [4.78, 5) is 14.5. The van der Waals surface area contributed by atoms with Gasteiger partial charge in [-0.05, 0) is 45.2 Å². The standard InChI is InChI=1S/C17H26N6O2/c1-3-25-12-4-9-18-17(24)14-7-10-22(11-8-14)16-6-5-15-20-19-13(2)23(15)21-16/h5-6,14H,3-4,7-12H2,1-2H3,(H,18,24). The van der Waals surface area contributed by atoms with E-state index in [1.54, 1.807) is 4.52 Å². The lowest BCUT2D eigenvalue weighted by Gasteiger charge is -2.32. The van der Waals surface area contributed by atoms with Crippen molar-refractivity contribution in [2.24, 2.45) is 5.92 Å². The van der Waals surface area contributed by atoms with Crippen LogP contribution in [0.15, 0.2) is 12.1 Å². The zero-order chi connectivity index (χ0) is 17.6. The average molecular weight is 346 g/mol. The van der Waals surface area contributed by atoms with Crippen LogP contribution in [-0.2, 0) is 9.53 Å². The molecule has 136 valence electrons. The molecule has 2 aromatic heterocycles. The fraction of sp³-hybridized carbons (Fsp3) is 0.647. The zero-order valence-electron chi connectivity index (χ0n) is 14.9. The van der Waals surface area contributed by atoms with Crippen LogP contribution in [0.25, 0.3) is 5.65 Å². The number of ether oxygens (including phenoxy) is 1. The van der Waals surface area contributed by atoms with E-state index in [1.165, 1.54) is 0 Å². The molecule has 0 radical (unpaired) electrons. The number of anilines is 1. The van der Waals surface area contributed by atoms with E-state index in [1.807, 2.05) is 26.0 Å². The summed E-state index contributed by atoms with van der Waals surface area (Å²) >= 11 is 0. The number of carbonyl (C=O) groups excluding carboxylic acids is 1. The van der Waals surface area contributed by atoms with Gasteiger partial charge in [-0.1, -0.05) is 0 Å². The summed E-state index contributed by atoms with van der Waals surface area (Å²) in [5.41, 5.74) is 0.752. The zero-order valence-corrected chi connectivity index (χ0v) is 14.9. The number of rotatable bonds is 7. The molecule has 3 heterocycles. The quantitative estimate of drug-likeness (QED) is 0.758. The van der Waals surface area contributed by atoms with E-state index < -0.39 is 0 Å². The highest BCUT2D eigenvalue weighted by atomic mass is 16.5. The molecule has 1 saturated heterocycles. The fourth-order valence-electron chi connectivity index (χ4n) is 3.10. The van der Waals surface area contributed by atoms with E-state index in [4.69, 9.17) is 4.74 Å². The molecule has 0 aromatic carbocycles. The highest BCUT2D eigenvalue weighted by Crippen LogP contribution is 2.22. The number of piperidine rings is 1. The summed E-state index contributed by atoms with van der Waals surface area (Å²) < 4.78 is 7.04. The van der Waals surface area contributed by atoms with Crippen molar-refractivity contribution in [2.75, 3.05) is 37.7 Å². The molecular weight excluding hydrogens is 320 g/mol. The Labute approximate surface area is 147 Å². The lowest BCUT2D eigenvalue weighted by atomic mass is 9.96. The van der Waals surface area contributed by atoms with Crippen molar-refractivity contribution in [3.05, 3.63) is 18.0 Å². The molecule has 0 spiro atoms. The Morgan fingerprint density at radius 3 is 2.88 bits per heavy atom. The molecule has 25 heavy (non-hydrogen) atoms. The highest BCUT2D eigenvalue weighted by Gasteiger charge is 2.25. The smallest absolute Gasteiger partial charge is 0.223 e. The number of nitrogens with zero attached hydrogens (tertiary/aromatic N) is 5. The molecule has 1 amide bonds. The summed E-state index contributed by atoms with van der Waals surface area (Å²) in [7, 11) is 0. The van der Waals surface area contributed by atoms with Crippen LogP contribution in [0.1, 0.15) is 32.0 Å². The fourth-order valence-corrected chi connectivity index (χ4v) is 3.10. The summed E-state index contributed by atoms with van der Waals surface area (Å²) in [5, 5.41) is 15.7. The normalized spacial score (nSPS) is 15.7. The number of aryl methyl sites for hydroxylation is 1. The van der Waals surface area contributed by atoms with Gasteiger partial charge in [0, 0.05) is 38.8 Å². The van der Waals surface area contributed by atoms with Gasteiger partial charge in [0.25, 0.3) is 0 Å². The molecule has 1 aliphatic heterocycles. The van der Waals surface area contributed by atoms with Crippen LogP contribution in [-0.4, -0.2) is 58.6 Å². The van der Waals surface area contributed by atoms with Crippen LogP contribution >= 0.6 is 0 Å². The number of fused-ring (bicyclic) bond motifs is 1. The van der Waals surface area contributed by atoms with Crippen molar-refractivity contribution in [2.45, 2.75) is 33.1 Å². The number of aromatic nitrogens is 4. The van der Waals surface area contributed by atoms with Crippen molar-refractivity contribution < 1.29 is 9.53 Å². The Morgan fingerprint density at radius 1 is 1.32 bits per heavy atom. The van der Waals surface area contributed by atoms with Crippen molar-refractivity contribution in [3.63, 3.8) is 0 Å². The van der Waals surface area contributed by atoms with E-state index in [2.05, 4.69) is 25.5 Å². The Morgan fingerprint density at radius 2 is 2.12 bits per heavy atom. The largest absolute Gasteiger partial charge is 0.382 e. The second-order valence-electron chi connectivity index (χ2n) is 6.31. The van der Waals surface area contributed by atoms with Gasteiger partial charge in [0.15, 0.2) is 11.5 Å². The number of amides is 1. The third-order valence-corrected chi connectivity index (χ3v) is 4.56. The van der Waals surface area contributed by atoms with E-state index in [0.29, 0.717) is 13.2 Å². The van der Waals surface area contributed by atoms with Gasteiger partial charge in [-0.2, -0.15) is 4.52 Å². The van der Waals surface area contributed by atoms with Crippen LogP contribution in [0.4, 0.5) is 5.82 Å². The predicted molar refractivity (Wildman–Crippen MR) is 94.6 cm³/mol. The van der Waals surface area contributed by atoms with Gasteiger partial charge < -0.3 is 15.0 Å². The summed E-state index contributed by atoms with van der Waals surface area (Å²) in [6.45, 7) is 7.63. The summed E-state index contributed by atoms with van der Waals surface area (Å²) in [6, 6.07) is 3.90. The SMILES string of the molecule is CCOCCCNC(=O)C1CCN(c2ccc3nnc(C)n3n2)CC1. The lowest BCUT2D eigenvalue weighted by molar-refractivity contribution is -0.125. The van der Waals surface area contributed by atoms with Crippen molar-refractivity contribution >= 4 is 17.4 Å². The lowest BCUT2D eigenvalue weighted by Crippen LogP contribution is -2.41. The van der Waals surface area contributed by atoms with Crippen LogP contribution < -0.4 is 10.2 Å². The molecule has 0 atom stereocenters. The third-order valence-electron chi connectivity index (χ3n) is 4.56. The van der Waals surface area contributed by atoms with Crippen LogP contribution in [0.2, 0.25) is 0 Å². The van der Waals surface area contributed by atoms with Gasteiger partial charge in [-0.15, -0.1) is 15.3 Å². The molecule has 0 unspecified atom stereocenters. The number of hydrogen-bond acceptors (Lipinski definition) is 6. The number of hydrogen-bond donors (Lipinski definition) is 1. The van der Waals surface area contributed by atoms with E-state index in [9.17, 15) is 4.79 Å². The topological polar surface area (TPSA) is 84.6 Å². The Hall–Kier alpha value is -2.22. The molecule has 1 aliphatic rings. The molecule has 0 saturated carbocycles. The average Bonchev–Trinajstić information content (AvgIpc) is 3.02. The molecule has 8 nitrogen and oxygen atoms in total. The minimum absolute atomic E-state index is 0.0868. The number of carbonyl (C=O) groups is 1. The maximum absolute atomic E-state index is 12.3. The van der Waals surface area contributed by atoms with E-state index >= 15 is 0 Å². The predicted octanol–water partition coefficient (Wildman–Crippen LogP) is 1.19. The highest BCUT2D eigenvalue weighted by molar-refractivity contribution is 5.78. The van der Waals surface area contributed by atoms with Crippen LogP contribution in [0.3, 0.4) is 0 Å². The first-order chi connectivity index (χ1) is 12.2. The first-order valence-corrected chi connectivity index (χ1v) is 8.98. The third kappa shape index (κ3) is 4.25. The van der Waals surface area contributed by atoms with Gasteiger partial charge in [-0.25, -0.2) is 0 Å². The van der Waals surface area contributed by atoms with Crippen molar-refractivity contribution in [1.82, 2.24) is 25.1 Å². The van der Waals surface area contributed by atoms with E-state index in [-0.39, 0.29) is 11.8 Å². The Balaban J connectivity index is 1.49. The Kier molecular flexibility index (Phi) is 5.80. The van der Waals surface area contributed by atoms with Gasteiger partial charge in [0.2, 0.25) is 5.91 Å². The molecule has 8 heteroatoms. The van der Waals surface area contributed by atoms with Gasteiger partial charge in [0.05, 0.1) is 0 Å². The molecule has 0 bridgehead atoms. The summed E-state index contributed by atoms with van der Waals surface area (Å²) in [5.74, 6) is 1.93. The monoisotopic (exact) mass is 346 g/mol. The second-order valence-corrected chi connectivity index (χ2v) is 6.31. The molecule has 3 rings (SSSR count). The summed E-state index contributed by atoms with van der Waals surface area (Å²) in [6.07, 6.45) is 2.55. The number of nitrogens with one attached hydrogen (secondary N) is 1. The van der Waals surface area contributed by atoms with Crippen LogP contribution in [0.5, 0.6) is 0 Å². The minimum Gasteiger partial charge on any atom is -0.382 e. The first-order valence-electron chi connectivity index (χ1n) is 8.98. The second kappa shape index (κ2) is 8.24. The molecule has 0 aliphatic carbocycles.